The van der Waals surface area contributed by atoms with E-state index in [1.165, 1.54) is 0 Å². The van der Waals surface area contributed by atoms with Crippen molar-refractivity contribution < 1.29 is 9.63 Å². The molecule has 0 aliphatic heterocycles. The van der Waals surface area contributed by atoms with E-state index in [4.69, 9.17) is 17.4 Å². The van der Waals surface area contributed by atoms with E-state index in [0.29, 0.717) is 11.6 Å². The molecule has 2 aromatic rings. The summed E-state index contributed by atoms with van der Waals surface area (Å²) in [6.07, 6.45) is 2.15. The number of hydrogen-bond acceptors (Lipinski definition) is 4. The van der Waals surface area contributed by atoms with Crippen LogP contribution in [0.1, 0.15) is 6.42 Å². The highest BCUT2D eigenvalue weighted by Crippen LogP contribution is 2.20. The van der Waals surface area contributed by atoms with Crippen molar-refractivity contribution in [3.05, 3.63) is 35.5 Å². The summed E-state index contributed by atoms with van der Waals surface area (Å²) in [6, 6.07) is 7.57. The summed E-state index contributed by atoms with van der Waals surface area (Å²) in [7, 11) is 0. The minimum atomic E-state index is -0.400. The van der Waals surface area contributed by atoms with Crippen LogP contribution >= 0.6 is 11.6 Å². The topological polar surface area (TPSA) is 69.3 Å². The van der Waals surface area contributed by atoms with Crippen LogP contribution in [0.25, 0.3) is 10.9 Å². The Morgan fingerprint density at radius 2 is 2.29 bits per heavy atom. The lowest BCUT2D eigenvalue weighted by Gasteiger charge is -2.05. The number of hydrazine groups is 1. The van der Waals surface area contributed by atoms with Gasteiger partial charge in [0.05, 0.1) is 6.42 Å². The first-order valence-electron chi connectivity index (χ1n) is 5.10. The van der Waals surface area contributed by atoms with Crippen molar-refractivity contribution in [3.8, 4) is 0 Å². The largest absolute Gasteiger partial charge is 0.356 e. The van der Waals surface area contributed by atoms with Crippen LogP contribution in [-0.2, 0) is 16.2 Å². The van der Waals surface area contributed by atoms with Crippen molar-refractivity contribution in [2.75, 3.05) is 0 Å². The zero-order valence-corrected chi connectivity index (χ0v) is 9.78. The molecule has 3 N–H and O–H groups in total. The molecule has 0 aliphatic carbocycles. The smallest absolute Gasteiger partial charge is 0.328 e. The second-order valence-corrected chi connectivity index (χ2v) is 3.99. The number of aromatic nitrogens is 1. The number of nitrogens with zero attached hydrogens (tertiary/aromatic N) is 1. The Labute approximate surface area is 103 Å². The molecule has 1 heterocycles. The molecule has 0 spiro atoms. The second-order valence-electron chi connectivity index (χ2n) is 3.55. The SMILES string of the molecule is NNOC(=O)CCn1ccc2cc(Cl)ccc21. The molecule has 1 aromatic carbocycles. The molecule has 0 radical (unpaired) electrons. The molecule has 0 amide bonds. The van der Waals surface area contributed by atoms with E-state index in [0.717, 1.165) is 10.9 Å². The summed E-state index contributed by atoms with van der Waals surface area (Å²) in [5.74, 6) is 4.47. The van der Waals surface area contributed by atoms with Gasteiger partial charge in [-0.3, -0.25) is 4.79 Å². The van der Waals surface area contributed by atoms with E-state index in [-0.39, 0.29) is 6.42 Å². The van der Waals surface area contributed by atoms with E-state index in [1.807, 2.05) is 40.6 Å². The highest BCUT2D eigenvalue weighted by molar-refractivity contribution is 6.31. The fourth-order valence-electron chi connectivity index (χ4n) is 1.69. The Bertz CT molecular complexity index is 538. The third-order valence-electron chi connectivity index (χ3n) is 2.46. The standard InChI is InChI=1S/C11H12ClN3O2/c12-9-1-2-10-8(7-9)3-5-15(10)6-4-11(16)17-14-13/h1-3,5,7,14H,4,6,13H2. The highest BCUT2D eigenvalue weighted by atomic mass is 35.5. The maximum Gasteiger partial charge on any atom is 0.328 e. The van der Waals surface area contributed by atoms with Crippen molar-refractivity contribution in [1.29, 1.82) is 0 Å². The van der Waals surface area contributed by atoms with Crippen LogP contribution in [0.5, 0.6) is 0 Å². The van der Waals surface area contributed by atoms with Crippen LogP contribution < -0.4 is 11.4 Å². The van der Waals surface area contributed by atoms with E-state index in [9.17, 15) is 4.79 Å². The predicted octanol–water partition coefficient (Wildman–Crippen LogP) is 1.61. The van der Waals surface area contributed by atoms with Crippen molar-refractivity contribution in [3.63, 3.8) is 0 Å². The Morgan fingerprint density at radius 3 is 3.06 bits per heavy atom. The minimum Gasteiger partial charge on any atom is -0.356 e. The van der Waals surface area contributed by atoms with E-state index >= 15 is 0 Å². The van der Waals surface area contributed by atoms with Gasteiger partial charge in [-0.25, -0.2) is 5.84 Å². The average molecular weight is 254 g/mol. The summed E-state index contributed by atoms with van der Waals surface area (Å²) in [5.41, 5.74) is 2.90. The molecule has 6 heteroatoms. The zero-order valence-electron chi connectivity index (χ0n) is 9.02. The van der Waals surface area contributed by atoms with Crippen LogP contribution in [0, 0.1) is 0 Å². The molecule has 0 fully saturated rings. The van der Waals surface area contributed by atoms with E-state index < -0.39 is 5.97 Å². The Balaban J connectivity index is 2.11. The molecule has 0 bridgehead atoms. The molecule has 0 saturated carbocycles. The van der Waals surface area contributed by atoms with Gasteiger partial charge in [0.25, 0.3) is 0 Å². The first-order valence-corrected chi connectivity index (χ1v) is 5.48. The molecule has 2 rings (SSSR count). The first-order chi connectivity index (χ1) is 8.20. The van der Waals surface area contributed by atoms with Gasteiger partial charge in [-0.1, -0.05) is 17.2 Å². The maximum atomic E-state index is 11.1. The lowest BCUT2D eigenvalue weighted by Crippen LogP contribution is -2.26. The number of carbonyl (C=O) groups is 1. The normalized spacial score (nSPS) is 10.7. The van der Waals surface area contributed by atoms with Gasteiger partial charge in [-0.15, -0.1) is 0 Å². The minimum absolute atomic E-state index is 0.247. The monoisotopic (exact) mass is 253 g/mol. The van der Waals surface area contributed by atoms with E-state index in [1.54, 1.807) is 0 Å². The summed E-state index contributed by atoms with van der Waals surface area (Å²) >= 11 is 5.89. The van der Waals surface area contributed by atoms with Crippen LogP contribution in [0.3, 0.4) is 0 Å². The number of halogens is 1. The molecule has 0 unspecified atom stereocenters. The third-order valence-corrected chi connectivity index (χ3v) is 2.70. The summed E-state index contributed by atoms with van der Waals surface area (Å²) in [6.45, 7) is 0.533. The molecule has 90 valence electrons. The van der Waals surface area contributed by atoms with Gasteiger partial charge in [0.2, 0.25) is 0 Å². The summed E-state index contributed by atoms with van der Waals surface area (Å²) < 4.78 is 1.96. The van der Waals surface area contributed by atoms with Gasteiger partial charge in [0.15, 0.2) is 0 Å². The van der Waals surface area contributed by atoms with Crippen LogP contribution in [0.15, 0.2) is 30.5 Å². The maximum absolute atomic E-state index is 11.1. The third kappa shape index (κ3) is 2.76. The van der Waals surface area contributed by atoms with E-state index in [2.05, 4.69) is 4.84 Å². The number of benzene rings is 1. The van der Waals surface area contributed by atoms with Crippen LogP contribution in [-0.4, -0.2) is 10.5 Å². The quantitative estimate of drug-likeness (QED) is 0.642. The van der Waals surface area contributed by atoms with Crippen molar-refractivity contribution in [1.82, 2.24) is 10.2 Å². The van der Waals surface area contributed by atoms with Gasteiger partial charge in [0.1, 0.15) is 0 Å². The number of nitrogens with one attached hydrogen (secondary N) is 1. The van der Waals surface area contributed by atoms with Gasteiger partial charge in [-0.05, 0) is 24.3 Å². The second kappa shape index (κ2) is 5.18. The molecule has 5 nitrogen and oxygen atoms in total. The molecule has 0 saturated heterocycles. The summed E-state index contributed by atoms with van der Waals surface area (Å²) in [5, 5.41) is 1.74. The first kappa shape index (κ1) is 11.9. The predicted molar refractivity (Wildman–Crippen MR) is 65.0 cm³/mol. The number of nitrogens with two attached hydrogens (primary N) is 1. The molecule has 0 aliphatic rings. The highest BCUT2D eigenvalue weighted by Gasteiger charge is 2.05. The molecular formula is C11H12ClN3O2. The van der Waals surface area contributed by atoms with Crippen molar-refractivity contribution in [2.45, 2.75) is 13.0 Å². The fourth-order valence-corrected chi connectivity index (χ4v) is 1.88. The van der Waals surface area contributed by atoms with Crippen molar-refractivity contribution >= 4 is 28.5 Å². The lowest BCUT2D eigenvalue weighted by molar-refractivity contribution is -0.151. The van der Waals surface area contributed by atoms with Gasteiger partial charge >= 0.3 is 5.97 Å². The number of carbonyl (C=O) groups excluding carboxylic acids is 1. The zero-order chi connectivity index (χ0) is 12.3. The average Bonchev–Trinajstić information content (AvgIpc) is 2.69. The van der Waals surface area contributed by atoms with Gasteiger partial charge in [-0.2, -0.15) is 0 Å². The van der Waals surface area contributed by atoms with Crippen LogP contribution in [0.2, 0.25) is 5.02 Å². The number of hydrogen-bond donors (Lipinski definition) is 2. The lowest BCUT2D eigenvalue weighted by atomic mass is 10.2. The Kier molecular flexibility index (Phi) is 3.63. The van der Waals surface area contributed by atoms with Gasteiger partial charge in [0, 0.05) is 28.7 Å². The summed E-state index contributed by atoms with van der Waals surface area (Å²) in [4.78, 5) is 15.6. The molecule has 17 heavy (non-hydrogen) atoms. The molecule has 0 atom stereocenters. The number of aryl methyl sites for hydroxylation is 1. The molecule has 1 aromatic heterocycles. The number of fused-ring (bicyclic) bond motifs is 1. The Hall–Kier alpha value is -1.56. The molecular weight excluding hydrogens is 242 g/mol. The van der Waals surface area contributed by atoms with Crippen molar-refractivity contribution in [2.24, 2.45) is 5.84 Å². The fraction of sp³-hybridized carbons (Fsp3) is 0.182. The van der Waals surface area contributed by atoms with Gasteiger partial charge < -0.3 is 9.40 Å². The number of rotatable bonds is 4. The Morgan fingerprint density at radius 1 is 1.47 bits per heavy atom. The van der Waals surface area contributed by atoms with Crippen LogP contribution in [0.4, 0.5) is 0 Å².